The maximum absolute atomic E-state index is 6.56. The summed E-state index contributed by atoms with van der Waals surface area (Å²) < 4.78 is 14.0. The van der Waals surface area contributed by atoms with E-state index in [4.69, 9.17) is 17.3 Å². The summed E-state index contributed by atoms with van der Waals surface area (Å²) in [5, 5.41) is 0. The van der Waals surface area contributed by atoms with Gasteiger partial charge in [0.25, 0.3) is 0 Å². The molecule has 0 N–H and O–H groups in total. The molecule has 1 aliphatic carbocycles. The topological polar surface area (TPSA) is 18.5 Å². The zero-order chi connectivity index (χ0) is 29.3. The molecule has 0 spiro atoms. The van der Waals surface area contributed by atoms with E-state index in [1.165, 1.54) is 38.9 Å². The summed E-state index contributed by atoms with van der Waals surface area (Å²) in [5.41, 5.74) is 9.90. The number of benzene rings is 4. The van der Waals surface area contributed by atoms with E-state index in [9.17, 15) is 0 Å². The molecule has 41 heavy (non-hydrogen) atoms. The summed E-state index contributed by atoms with van der Waals surface area (Å²) in [6.45, 7) is 14.5. The van der Waals surface area contributed by atoms with Crippen molar-refractivity contribution >= 4 is 29.2 Å². The number of hydrogen-bond donors (Lipinski definition) is 0. The number of aryl methyl sites for hydroxylation is 2. The Kier molecular flexibility index (Phi) is 8.71. The predicted octanol–water partition coefficient (Wildman–Crippen LogP) is 9.07. The van der Waals surface area contributed by atoms with Crippen molar-refractivity contribution in [3.8, 4) is 22.6 Å². The fraction of sp³-hybridized carbons (Fsp3) is 0.351. The Bertz CT molecular complexity index is 1510. The predicted molar refractivity (Wildman–Crippen MR) is 176 cm³/mol. The van der Waals surface area contributed by atoms with E-state index in [-0.39, 0.29) is 0 Å². The summed E-state index contributed by atoms with van der Waals surface area (Å²) in [4.78, 5) is 0. The monoisotopic (exact) mass is 606 g/mol. The lowest BCUT2D eigenvalue weighted by Crippen LogP contribution is -2.31. The fourth-order valence-electron chi connectivity index (χ4n) is 5.88. The zero-order valence-electron chi connectivity index (χ0n) is 25.2. The Morgan fingerprint density at radius 1 is 0.707 bits per heavy atom. The van der Waals surface area contributed by atoms with Gasteiger partial charge in [0.15, 0.2) is 11.5 Å². The van der Waals surface area contributed by atoms with E-state index < -0.39 is 5.41 Å². The summed E-state index contributed by atoms with van der Waals surface area (Å²) in [6.07, 6.45) is 2.13. The van der Waals surface area contributed by atoms with Crippen molar-refractivity contribution in [2.45, 2.75) is 59.8 Å². The fourth-order valence-corrected chi connectivity index (χ4v) is 6.24. The third kappa shape index (κ3) is 5.48. The molecule has 210 valence electrons. The van der Waals surface area contributed by atoms with Crippen LogP contribution in [0.4, 0.5) is 0 Å². The molecule has 2 radical (unpaired) electrons. The average Bonchev–Trinajstić information content (AvgIpc) is 3.24. The maximum atomic E-state index is 6.56. The lowest BCUT2D eigenvalue weighted by molar-refractivity contribution is 0.217. The van der Waals surface area contributed by atoms with Crippen LogP contribution in [0, 0.1) is 25.7 Å². The molecule has 0 heterocycles. The van der Waals surface area contributed by atoms with Gasteiger partial charge in [0.05, 0.1) is 18.6 Å². The molecule has 4 aromatic rings. The summed E-state index contributed by atoms with van der Waals surface area (Å²) in [5.74, 6) is 2.50. The van der Waals surface area contributed by atoms with E-state index in [0.29, 0.717) is 25.0 Å². The molecule has 0 saturated carbocycles. The second kappa shape index (κ2) is 12.1. The van der Waals surface area contributed by atoms with Crippen LogP contribution in [0.2, 0.25) is 0 Å². The van der Waals surface area contributed by atoms with Crippen LogP contribution in [0.25, 0.3) is 11.1 Å². The number of fused-ring (bicyclic) bond motifs is 3. The molecule has 0 bridgehead atoms. The minimum Gasteiger partial charge on any atom is -0.489 e. The van der Waals surface area contributed by atoms with Gasteiger partial charge in [-0.05, 0) is 88.9 Å². The number of ether oxygens (including phenoxy) is 2. The van der Waals surface area contributed by atoms with Crippen molar-refractivity contribution in [2.75, 3.05) is 13.2 Å². The Balaban J connectivity index is 1.82. The number of hydrogen-bond acceptors (Lipinski definition) is 2. The maximum Gasteiger partial charge on any atom is 0.161 e. The quantitative estimate of drug-likeness (QED) is 0.148. The lowest BCUT2D eigenvalue weighted by atomic mass is 9.65. The van der Waals surface area contributed by atoms with Gasteiger partial charge in [-0.15, -0.1) is 0 Å². The SMILES string of the molecule is [B]c1ccc2c(c1)C(c1ccc(OCC(C)CC)c(OCC(C)CC)c1)(c1cc(C)ccc1C)c1cc(Br)ccc1-2. The van der Waals surface area contributed by atoms with Gasteiger partial charge in [-0.2, -0.15) is 0 Å². The van der Waals surface area contributed by atoms with Crippen LogP contribution >= 0.6 is 15.9 Å². The molecule has 0 aliphatic heterocycles. The van der Waals surface area contributed by atoms with Crippen LogP contribution in [0.3, 0.4) is 0 Å². The molecule has 0 saturated heterocycles. The Morgan fingerprint density at radius 3 is 2.02 bits per heavy atom. The third-order valence-corrected chi connectivity index (χ3v) is 9.23. The van der Waals surface area contributed by atoms with Gasteiger partial charge in [-0.1, -0.05) is 116 Å². The molecular weight excluding hydrogens is 567 g/mol. The summed E-state index contributed by atoms with van der Waals surface area (Å²) in [7, 11) is 6.52. The molecule has 2 nitrogen and oxygen atoms in total. The number of halogens is 1. The minimum absolute atomic E-state index is 0.442. The van der Waals surface area contributed by atoms with E-state index in [0.717, 1.165) is 39.8 Å². The van der Waals surface area contributed by atoms with Gasteiger partial charge in [0.1, 0.15) is 7.85 Å². The lowest BCUT2D eigenvalue weighted by Gasteiger charge is -2.36. The van der Waals surface area contributed by atoms with Crippen LogP contribution < -0.4 is 14.9 Å². The van der Waals surface area contributed by atoms with E-state index in [2.05, 4.69) is 124 Å². The molecule has 5 rings (SSSR count). The standard InChI is InChI=1S/C37H40BBrO2/c1-7-23(3)21-40-35-16-11-27(18-36(35)41-22-24(4)8-2)37(32-17-25(5)9-10-26(32)6)33-19-28(38)12-14-30(33)31-15-13-29(39)20-34(31)37/h9-20,23-24H,7-8,21-22H2,1-6H3. The van der Waals surface area contributed by atoms with Crippen LogP contribution in [-0.2, 0) is 5.41 Å². The molecule has 4 aromatic carbocycles. The Hall–Kier alpha value is -2.98. The van der Waals surface area contributed by atoms with Gasteiger partial charge in [0.2, 0.25) is 0 Å². The highest BCUT2D eigenvalue weighted by Gasteiger charge is 2.47. The van der Waals surface area contributed by atoms with Gasteiger partial charge in [0, 0.05) is 4.47 Å². The summed E-state index contributed by atoms with van der Waals surface area (Å²) >= 11 is 3.80. The van der Waals surface area contributed by atoms with Crippen molar-refractivity contribution in [2.24, 2.45) is 11.8 Å². The second-order valence-corrected chi connectivity index (χ2v) is 12.8. The Labute approximate surface area is 256 Å². The second-order valence-electron chi connectivity index (χ2n) is 11.9. The highest BCUT2D eigenvalue weighted by atomic mass is 79.9. The van der Waals surface area contributed by atoms with Crippen LogP contribution in [-0.4, -0.2) is 21.1 Å². The molecule has 0 fully saturated rings. The van der Waals surface area contributed by atoms with Crippen molar-refractivity contribution < 1.29 is 9.47 Å². The molecule has 3 unspecified atom stereocenters. The first-order valence-electron chi connectivity index (χ1n) is 14.9. The zero-order valence-corrected chi connectivity index (χ0v) is 26.8. The normalized spacial score (nSPS) is 17.0. The highest BCUT2D eigenvalue weighted by molar-refractivity contribution is 9.10. The van der Waals surface area contributed by atoms with Gasteiger partial charge >= 0.3 is 0 Å². The number of rotatable bonds is 10. The van der Waals surface area contributed by atoms with Crippen molar-refractivity contribution in [1.29, 1.82) is 0 Å². The first-order valence-corrected chi connectivity index (χ1v) is 15.7. The Morgan fingerprint density at radius 2 is 1.34 bits per heavy atom. The first kappa shape index (κ1) is 29.5. The molecular formula is C37H40BBrO2. The average molecular weight is 607 g/mol. The molecule has 0 aromatic heterocycles. The smallest absolute Gasteiger partial charge is 0.161 e. The third-order valence-electron chi connectivity index (χ3n) is 8.74. The van der Waals surface area contributed by atoms with Gasteiger partial charge in [-0.25, -0.2) is 0 Å². The van der Waals surface area contributed by atoms with Crippen molar-refractivity contribution in [3.05, 3.63) is 111 Å². The van der Waals surface area contributed by atoms with Crippen molar-refractivity contribution in [3.63, 3.8) is 0 Å². The van der Waals surface area contributed by atoms with Crippen LogP contribution in [0.5, 0.6) is 11.5 Å². The molecule has 3 atom stereocenters. The molecule has 1 aliphatic rings. The van der Waals surface area contributed by atoms with Gasteiger partial charge in [-0.3, -0.25) is 0 Å². The van der Waals surface area contributed by atoms with Crippen molar-refractivity contribution in [1.82, 2.24) is 0 Å². The first-order chi connectivity index (χ1) is 19.7. The van der Waals surface area contributed by atoms with Crippen LogP contribution in [0.1, 0.15) is 73.9 Å². The van der Waals surface area contributed by atoms with E-state index in [1.54, 1.807) is 0 Å². The minimum atomic E-state index is -0.580. The van der Waals surface area contributed by atoms with E-state index >= 15 is 0 Å². The van der Waals surface area contributed by atoms with E-state index in [1.807, 2.05) is 6.07 Å². The molecule has 4 heteroatoms. The summed E-state index contributed by atoms with van der Waals surface area (Å²) in [6, 6.07) is 26.3. The largest absolute Gasteiger partial charge is 0.489 e. The molecule has 0 amide bonds. The van der Waals surface area contributed by atoms with Gasteiger partial charge < -0.3 is 9.47 Å². The van der Waals surface area contributed by atoms with Crippen LogP contribution in [0.15, 0.2) is 77.3 Å². The highest BCUT2D eigenvalue weighted by Crippen LogP contribution is 2.57.